The van der Waals surface area contributed by atoms with Crippen LogP contribution in [0, 0.1) is 6.92 Å². The lowest BCUT2D eigenvalue weighted by atomic mass is 10.2. The van der Waals surface area contributed by atoms with Crippen LogP contribution in [0.1, 0.15) is 12.1 Å². The number of carbonyl (C=O) groups is 1. The van der Waals surface area contributed by atoms with E-state index in [1.54, 1.807) is 32.7 Å². The number of fused-ring (bicyclic) bond motifs is 1. The van der Waals surface area contributed by atoms with Gasteiger partial charge in [0.25, 0.3) is 0 Å². The highest BCUT2D eigenvalue weighted by Gasteiger charge is 2.33. The highest BCUT2D eigenvalue weighted by molar-refractivity contribution is 6.01. The summed E-state index contributed by atoms with van der Waals surface area (Å²) in [5.74, 6) is 0.720. The molecule has 1 saturated heterocycles. The number of amides is 1. The number of rotatable bonds is 3. The Kier molecular flexibility index (Phi) is 3.03. The molecule has 1 unspecified atom stereocenters. The highest BCUT2D eigenvalue weighted by atomic mass is 16.2. The van der Waals surface area contributed by atoms with E-state index in [-0.39, 0.29) is 11.9 Å². The number of hydrogen-bond donors (Lipinski definition) is 1. The van der Waals surface area contributed by atoms with Gasteiger partial charge >= 0.3 is 0 Å². The number of anilines is 2. The molecule has 4 heterocycles. The Morgan fingerprint density at radius 2 is 2.26 bits per heavy atom. The maximum absolute atomic E-state index is 12.6. The van der Waals surface area contributed by atoms with Crippen molar-refractivity contribution in [2.75, 3.05) is 16.8 Å². The quantitative estimate of drug-likeness (QED) is 0.780. The van der Waals surface area contributed by atoms with Crippen LogP contribution in [0.25, 0.3) is 5.52 Å². The molecule has 0 radical (unpaired) electrons. The molecule has 1 aliphatic heterocycles. The first-order valence-corrected chi connectivity index (χ1v) is 7.49. The first kappa shape index (κ1) is 13.7. The van der Waals surface area contributed by atoms with E-state index in [1.807, 2.05) is 26.2 Å². The van der Waals surface area contributed by atoms with Crippen LogP contribution < -0.4 is 10.2 Å². The molecular formula is C15H17N7O. The van der Waals surface area contributed by atoms with Crippen molar-refractivity contribution in [3.8, 4) is 0 Å². The van der Waals surface area contributed by atoms with E-state index in [4.69, 9.17) is 0 Å². The summed E-state index contributed by atoms with van der Waals surface area (Å²) in [4.78, 5) is 18.8. The van der Waals surface area contributed by atoms with Gasteiger partial charge in [0.2, 0.25) is 5.91 Å². The maximum Gasteiger partial charge on any atom is 0.249 e. The van der Waals surface area contributed by atoms with Gasteiger partial charge in [-0.15, -0.1) is 0 Å². The summed E-state index contributed by atoms with van der Waals surface area (Å²) in [5.41, 5.74) is 2.61. The summed E-state index contributed by atoms with van der Waals surface area (Å²) >= 11 is 0. The fourth-order valence-electron chi connectivity index (χ4n) is 2.94. The van der Waals surface area contributed by atoms with E-state index in [0.717, 1.165) is 23.3 Å². The Balaban J connectivity index is 1.58. The Morgan fingerprint density at radius 1 is 1.39 bits per heavy atom. The molecule has 1 atom stereocenters. The average molecular weight is 311 g/mol. The van der Waals surface area contributed by atoms with Gasteiger partial charge in [-0.1, -0.05) is 0 Å². The van der Waals surface area contributed by atoms with Crippen LogP contribution >= 0.6 is 0 Å². The molecular weight excluding hydrogens is 294 g/mol. The topological polar surface area (TPSA) is 80.4 Å². The summed E-state index contributed by atoms with van der Waals surface area (Å²) in [6, 6.07) is 1.66. The molecule has 8 nitrogen and oxygen atoms in total. The Labute approximate surface area is 132 Å². The van der Waals surface area contributed by atoms with Gasteiger partial charge in [0.1, 0.15) is 11.6 Å². The molecule has 4 rings (SSSR count). The minimum absolute atomic E-state index is 0.0399. The van der Waals surface area contributed by atoms with Crippen LogP contribution in [0.15, 0.2) is 30.9 Å². The van der Waals surface area contributed by atoms with Crippen LogP contribution in [0.4, 0.5) is 11.5 Å². The van der Waals surface area contributed by atoms with Crippen molar-refractivity contribution >= 4 is 22.9 Å². The minimum Gasteiger partial charge on any atom is -0.357 e. The van der Waals surface area contributed by atoms with Gasteiger partial charge in [0.15, 0.2) is 5.82 Å². The van der Waals surface area contributed by atoms with Crippen molar-refractivity contribution < 1.29 is 4.79 Å². The van der Waals surface area contributed by atoms with E-state index >= 15 is 0 Å². The third-order valence-corrected chi connectivity index (χ3v) is 4.03. The van der Waals surface area contributed by atoms with Gasteiger partial charge < -0.3 is 10.2 Å². The Morgan fingerprint density at radius 3 is 3.04 bits per heavy atom. The molecule has 0 bridgehead atoms. The van der Waals surface area contributed by atoms with Crippen LogP contribution in [0.2, 0.25) is 0 Å². The van der Waals surface area contributed by atoms with Gasteiger partial charge in [-0.2, -0.15) is 10.2 Å². The number of aromatic nitrogens is 5. The highest BCUT2D eigenvalue weighted by Crippen LogP contribution is 2.24. The molecule has 0 spiro atoms. The third kappa shape index (κ3) is 2.32. The predicted octanol–water partition coefficient (Wildman–Crippen LogP) is 0.989. The zero-order valence-electron chi connectivity index (χ0n) is 13.0. The zero-order chi connectivity index (χ0) is 16.0. The lowest BCUT2D eigenvalue weighted by Gasteiger charge is -2.15. The Hall–Kier alpha value is -2.90. The largest absolute Gasteiger partial charge is 0.357 e. The number of aryl methyl sites for hydroxylation is 2. The minimum atomic E-state index is -0.288. The molecule has 0 aliphatic carbocycles. The van der Waals surface area contributed by atoms with Crippen molar-refractivity contribution in [3.63, 3.8) is 0 Å². The van der Waals surface area contributed by atoms with Crippen LogP contribution in [-0.2, 0) is 11.8 Å². The molecule has 1 fully saturated rings. The second kappa shape index (κ2) is 5.08. The monoisotopic (exact) mass is 311 g/mol. The van der Waals surface area contributed by atoms with Crippen molar-refractivity contribution in [2.24, 2.45) is 7.05 Å². The smallest absolute Gasteiger partial charge is 0.249 e. The second-order valence-corrected chi connectivity index (χ2v) is 5.74. The van der Waals surface area contributed by atoms with Crippen LogP contribution in [0.5, 0.6) is 0 Å². The fraction of sp³-hybridized carbons (Fsp3) is 0.333. The van der Waals surface area contributed by atoms with E-state index in [2.05, 4.69) is 20.5 Å². The third-order valence-electron chi connectivity index (χ3n) is 4.03. The molecule has 8 heteroatoms. The summed E-state index contributed by atoms with van der Waals surface area (Å²) in [6.45, 7) is 2.60. The van der Waals surface area contributed by atoms with Crippen molar-refractivity contribution in [1.82, 2.24) is 24.4 Å². The van der Waals surface area contributed by atoms with Crippen molar-refractivity contribution in [2.45, 2.75) is 19.4 Å². The number of hydrogen-bond acceptors (Lipinski definition) is 5. The van der Waals surface area contributed by atoms with Crippen molar-refractivity contribution in [3.05, 3.63) is 36.5 Å². The molecule has 3 aromatic heterocycles. The van der Waals surface area contributed by atoms with Gasteiger partial charge in [-0.25, -0.2) is 9.50 Å². The first-order valence-electron chi connectivity index (χ1n) is 7.49. The van der Waals surface area contributed by atoms with Crippen LogP contribution in [-0.4, -0.2) is 42.9 Å². The van der Waals surface area contributed by atoms with Gasteiger partial charge in [0.05, 0.1) is 17.6 Å². The fourth-order valence-corrected chi connectivity index (χ4v) is 2.94. The molecule has 1 aliphatic rings. The zero-order valence-corrected chi connectivity index (χ0v) is 13.0. The first-order chi connectivity index (χ1) is 11.1. The number of nitrogens with zero attached hydrogens (tertiary/aromatic N) is 6. The maximum atomic E-state index is 12.6. The molecule has 3 aromatic rings. The molecule has 0 saturated carbocycles. The Bertz CT molecular complexity index is 881. The average Bonchev–Trinajstić information content (AvgIpc) is 3.19. The predicted molar refractivity (Wildman–Crippen MR) is 85.3 cm³/mol. The van der Waals surface area contributed by atoms with Gasteiger partial charge in [-0.05, 0) is 19.4 Å². The lowest BCUT2D eigenvalue weighted by Crippen LogP contribution is -2.33. The number of nitrogens with one attached hydrogen (secondary N) is 1. The standard InChI is InChI=1S/C15H17N7O/c1-10-7-13-14(16-4-6-22(13)19-10)18-12-3-5-21(15(12)23)11-8-17-20(2)9-11/h4,6-9,12H,3,5H2,1-2H3,(H,16,18). The number of carbonyl (C=O) groups excluding carboxylic acids is 1. The molecule has 23 heavy (non-hydrogen) atoms. The van der Waals surface area contributed by atoms with E-state index in [0.29, 0.717) is 12.4 Å². The molecule has 0 aromatic carbocycles. The lowest BCUT2D eigenvalue weighted by molar-refractivity contribution is -0.117. The SMILES string of the molecule is Cc1cc2c(NC3CCN(c4cnn(C)c4)C3=O)nccn2n1. The summed E-state index contributed by atoms with van der Waals surface area (Å²) in [7, 11) is 1.84. The van der Waals surface area contributed by atoms with Crippen molar-refractivity contribution in [1.29, 1.82) is 0 Å². The van der Waals surface area contributed by atoms with Gasteiger partial charge in [-0.3, -0.25) is 9.48 Å². The van der Waals surface area contributed by atoms with E-state index in [9.17, 15) is 4.79 Å². The normalized spacial score (nSPS) is 18.1. The molecule has 118 valence electrons. The van der Waals surface area contributed by atoms with Gasteiger partial charge in [0, 0.05) is 32.2 Å². The van der Waals surface area contributed by atoms with E-state index in [1.165, 1.54) is 0 Å². The summed E-state index contributed by atoms with van der Waals surface area (Å²) < 4.78 is 3.46. The summed E-state index contributed by atoms with van der Waals surface area (Å²) in [5, 5.41) is 11.8. The molecule has 1 amide bonds. The summed E-state index contributed by atoms with van der Waals surface area (Å²) in [6.07, 6.45) is 7.76. The van der Waals surface area contributed by atoms with E-state index < -0.39 is 0 Å². The second-order valence-electron chi connectivity index (χ2n) is 5.74. The van der Waals surface area contributed by atoms with Crippen LogP contribution in [0.3, 0.4) is 0 Å². The molecule has 1 N–H and O–H groups in total.